The molecule has 0 radical (unpaired) electrons. The maximum absolute atomic E-state index is 13.5. The summed E-state index contributed by atoms with van der Waals surface area (Å²) in [5.41, 5.74) is 4.45. The van der Waals surface area contributed by atoms with Crippen LogP contribution >= 0.6 is 0 Å². The van der Waals surface area contributed by atoms with Gasteiger partial charge in [-0.1, -0.05) is 78.4 Å². The van der Waals surface area contributed by atoms with Gasteiger partial charge >= 0.3 is 0 Å². The van der Waals surface area contributed by atoms with Crippen LogP contribution in [0.4, 0.5) is 11.4 Å². The van der Waals surface area contributed by atoms with Crippen LogP contribution in [-0.2, 0) is 16.6 Å². The molecule has 0 unspecified atom stereocenters. The summed E-state index contributed by atoms with van der Waals surface area (Å²) in [5, 5.41) is 0. The maximum atomic E-state index is 13.5. The Hall–Kier alpha value is -3.70. The molecule has 4 aromatic carbocycles. The number of aliphatic imine (C=N–C) groups is 1. The largest absolute Gasteiger partial charge is 0.264 e. The third kappa shape index (κ3) is 5.13. The van der Waals surface area contributed by atoms with E-state index in [4.69, 9.17) is 0 Å². The minimum Gasteiger partial charge on any atom is -0.262 e. The topological polar surface area (TPSA) is 49.7 Å². The molecule has 4 aromatic rings. The minimum atomic E-state index is -3.73. The highest BCUT2D eigenvalue weighted by molar-refractivity contribution is 7.92. The molecule has 0 fully saturated rings. The van der Waals surface area contributed by atoms with Crippen LogP contribution in [0.3, 0.4) is 0 Å². The molecule has 0 atom stereocenters. The highest BCUT2D eigenvalue weighted by Crippen LogP contribution is 2.28. The Balaban J connectivity index is 1.65. The second-order valence-electron chi connectivity index (χ2n) is 7.50. The highest BCUT2D eigenvalue weighted by atomic mass is 32.2. The van der Waals surface area contributed by atoms with Gasteiger partial charge in [0.05, 0.1) is 22.8 Å². The summed E-state index contributed by atoms with van der Waals surface area (Å²) in [5.74, 6) is 0. The molecule has 4 rings (SSSR count). The van der Waals surface area contributed by atoms with E-state index in [1.165, 1.54) is 9.87 Å². The molecular formula is C27H24N2O2S. The molecule has 0 bridgehead atoms. The van der Waals surface area contributed by atoms with E-state index in [0.717, 1.165) is 16.8 Å². The fourth-order valence-electron chi connectivity index (χ4n) is 3.39. The predicted octanol–water partition coefficient (Wildman–Crippen LogP) is 6.14. The number of aryl methyl sites for hydroxylation is 1. The van der Waals surface area contributed by atoms with Crippen LogP contribution in [0.15, 0.2) is 119 Å². The fourth-order valence-corrected chi connectivity index (χ4v) is 4.86. The van der Waals surface area contributed by atoms with Gasteiger partial charge in [0.25, 0.3) is 10.0 Å². The van der Waals surface area contributed by atoms with Gasteiger partial charge in [0, 0.05) is 6.21 Å². The molecule has 0 spiro atoms. The molecule has 0 saturated carbocycles. The lowest BCUT2D eigenvalue weighted by Crippen LogP contribution is -2.30. The number of anilines is 1. The maximum Gasteiger partial charge on any atom is 0.264 e. The smallest absolute Gasteiger partial charge is 0.262 e. The summed E-state index contributed by atoms with van der Waals surface area (Å²) in [7, 11) is -3.73. The number of sulfonamides is 1. The first-order chi connectivity index (χ1) is 15.5. The van der Waals surface area contributed by atoms with Crippen molar-refractivity contribution in [2.24, 2.45) is 4.99 Å². The average Bonchev–Trinajstić information content (AvgIpc) is 2.83. The van der Waals surface area contributed by atoms with Crippen molar-refractivity contribution >= 4 is 27.6 Å². The molecule has 4 nitrogen and oxygen atoms in total. The van der Waals surface area contributed by atoms with Crippen molar-refractivity contribution in [2.45, 2.75) is 18.4 Å². The summed E-state index contributed by atoms with van der Waals surface area (Å²) >= 11 is 0. The molecule has 0 aliphatic heterocycles. The Morgan fingerprint density at radius 1 is 0.781 bits per heavy atom. The molecule has 32 heavy (non-hydrogen) atoms. The van der Waals surface area contributed by atoms with E-state index in [-0.39, 0.29) is 11.4 Å². The Labute approximate surface area is 189 Å². The van der Waals surface area contributed by atoms with Crippen LogP contribution in [0.25, 0.3) is 0 Å². The minimum absolute atomic E-state index is 0.240. The van der Waals surface area contributed by atoms with Crippen LogP contribution in [0.5, 0.6) is 0 Å². The normalized spacial score (nSPS) is 11.5. The first kappa shape index (κ1) is 21.5. The monoisotopic (exact) mass is 440 g/mol. The second-order valence-corrected chi connectivity index (χ2v) is 9.36. The second kappa shape index (κ2) is 9.62. The van der Waals surface area contributed by atoms with E-state index in [1.54, 1.807) is 36.4 Å². The zero-order valence-electron chi connectivity index (χ0n) is 17.8. The summed E-state index contributed by atoms with van der Waals surface area (Å²) in [6.45, 7) is 2.28. The number of rotatable bonds is 7. The number of hydrogen-bond donors (Lipinski definition) is 0. The molecule has 0 aliphatic rings. The van der Waals surface area contributed by atoms with Crippen LogP contribution in [0.2, 0.25) is 0 Å². The molecule has 160 valence electrons. The molecular weight excluding hydrogens is 416 g/mol. The van der Waals surface area contributed by atoms with Gasteiger partial charge in [-0.15, -0.1) is 0 Å². The molecule has 0 aliphatic carbocycles. The standard InChI is InChI=1S/C27H24N2O2S/c1-22-9-8-12-24(19-22)20-28-25-15-17-26(18-16-25)29(21-23-10-4-2-5-11-23)32(30,31)27-13-6-3-7-14-27/h2-20H,21H2,1H3. The van der Waals surface area contributed by atoms with E-state index in [0.29, 0.717) is 5.69 Å². The lowest BCUT2D eigenvalue weighted by atomic mass is 10.1. The van der Waals surface area contributed by atoms with Crippen molar-refractivity contribution in [3.8, 4) is 0 Å². The van der Waals surface area contributed by atoms with Crippen molar-refractivity contribution in [2.75, 3.05) is 4.31 Å². The summed E-state index contributed by atoms with van der Waals surface area (Å²) in [4.78, 5) is 4.79. The zero-order valence-corrected chi connectivity index (χ0v) is 18.6. The van der Waals surface area contributed by atoms with Gasteiger partial charge in [-0.2, -0.15) is 0 Å². The van der Waals surface area contributed by atoms with Crippen molar-refractivity contribution in [1.29, 1.82) is 0 Å². The van der Waals surface area contributed by atoms with E-state index < -0.39 is 10.0 Å². The lowest BCUT2D eigenvalue weighted by Gasteiger charge is -2.25. The first-order valence-electron chi connectivity index (χ1n) is 10.3. The molecule has 5 heteroatoms. The van der Waals surface area contributed by atoms with Crippen LogP contribution in [0, 0.1) is 6.92 Å². The average molecular weight is 441 g/mol. The van der Waals surface area contributed by atoms with Crippen molar-refractivity contribution in [3.05, 3.63) is 126 Å². The third-order valence-electron chi connectivity index (χ3n) is 5.04. The highest BCUT2D eigenvalue weighted by Gasteiger charge is 2.25. The van der Waals surface area contributed by atoms with Gasteiger partial charge in [-0.3, -0.25) is 9.30 Å². The predicted molar refractivity (Wildman–Crippen MR) is 131 cm³/mol. The molecule has 0 aromatic heterocycles. The Morgan fingerprint density at radius 3 is 2.09 bits per heavy atom. The van der Waals surface area contributed by atoms with Crippen molar-refractivity contribution in [3.63, 3.8) is 0 Å². The van der Waals surface area contributed by atoms with E-state index in [2.05, 4.69) is 11.1 Å². The third-order valence-corrected chi connectivity index (χ3v) is 6.83. The molecule has 0 saturated heterocycles. The first-order valence-corrected chi connectivity index (χ1v) is 11.8. The quantitative estimate of drug-likeness (QED) is 0.324. The van der Waals surface area contributed by atoms with Gasteiger partial charge in [0.2, 0.25) is 0 Å². The van der Waals surface area contributed by atoms with E-state index >= 15 is 0 Å². The molecule has 0 heterocycles. The summed E-state index contributed by atoms with van der Waals surface area (Å²) in [6, 6.07) is 33.5. The zero-order chi connectivity index (χ0) is 22.4. The van der Waals surface area contributed by atoms with Gasteiger partial charge in [0.15, 0.2) is 0 Å². The molecule has 0 amide bonds. The Kier molecular flexibility index (Phi) is 6.47. The van der Waals surface area contributed by atoms with Crippen LogP contribution < -0.4 is 4.31 Å². The lowest BCUT2D eigenvalue weighted by molar-refractivity contribution is 0.590. The number of hydrogen-bond acceptors (Lipinski definition) is 3. The number of nitrogens with zero attached hydrogens (tertiary/aromatic N) is 2. The van der Waals surface area contributed by atoms with Crippen molar-refractivity contribution in [1.82, 2.24) is 0 Å². The summed E-state index contributed by atoms with van der Waals surface area (Å²) in [6.07, 6.45) is 1.81. The SMILES string of the molecule is Cc1cccc(C=Nc2ccc(N(Cc3ccccc3)S(=O)(=O)c3ccccc3)cc2)c1. The van der Waals surface area contributed by atoms with Gasteiger partial charge < -0.3 is 0 Å². The van der Waals surface area contributed by atoms with Gasteiger partial charge in [-0.05, 0) is 54.4 Å². The fraction of sp³-hybridized carbons (Fsp3) is 0.0741. The van der Waals surface area contributed by atoms with Gasteiger partial charge in [0.1, 0.15) is 0 Å². The molecule has 0 N–H and O–H groups in total. The van der Waals surface area contributed by atoms with E-state index in [9.17, 15) is 8.42 Å². The van der Waals surface area contributed by atoms with E-state index in [1.807, 2.05) is 79.9 Å². The van der Waals surface area contributed by atoms with Crippen molar-refractivity contribution < 1.29 is 8.42 Å². The van der Waals surface area contributed by atoms with Crippen LogP contribution in [-0.4, -0.2) is 14.6 Å². The Bertz CT molecular complexity index is 1300. The van der Waals surface area contributed by atoms with Gasteiger partial charge in [-0.25, -0.2) is 8.42 Å². The number of benzene rings is 4. The van der Waals surface area contributed by atoms with Crippen LogP contribution in [0.1, 0.15) is 16.7 Å². The summed E-state index contributed by atoms with van der Waals surface area (Å²) < 4.78 is 28.4. The Morgan fingerprint density at radius 2 is 1.44 bits per heavy atom.